The number of nitrogens with zero attached hydrogens (tertiary/aromatic N) is 3. The third-order valence-corrected chi connectivity index (χ3v) is 6.84. The van der Waals surface area contributed by atoms with Gasteiger partial charge in [-0.15, -0.1) is 11.3 Å². The van der Waals surface area contributed by atoms with E-state index in [4.69, 9.17) is 0 Å². The second kappa shape index (κ2) is 8.61. The van der Waals surface area contributed by atoms with E-state index in [0.717, 1.165) is 49.3 Å². The Labute approximate surface area is 199 Å². The molecule has 0 aliphatic carbocycles. The van der Waals surface area contributed by atoms with E-state index >= 15 is 0 Å². The van der Waals surface area contributed by atoms with Crippen LogP contribution in [0.3, 0.4) is 0 Å². The smallest absolute Gasteiger partial charge is 0.240 e. The number of aromatic nitrogens is 4. The molecule has 6 nitrogen and oxygen atoms in total. The van der Waals surface area contributed by atoms with Gasteiger partial charge < -0.3 is 14.9 Å². The van der Waals surface area contributed by atoms with Gasteiger partial charge in [-0.2, -0.15) is 0 Å². The summed E-state index contributed by atoms with van der Waals surface area (Å²) in [6, 6.07) is 22.4. The van der Waals surface area contributed by atoms with Crippen LogP contribution in [0.5, 0.6) is 0 Å². The normalized spacial score (nSPS) is 11.3. The van der Waals surface area contributed by atoms with Gasteiger partial charge >= 0.3 is 0 Å². The molecular weight excluding hydrogens is 442 g/mol. The Balaban J connectivity index is 1.18. The summed E-state index contributed by atoms with van der Waals surface area (Å²) < 4.78 is 2.08. The lowest BCUT2D eigenvalue weighted by molar-refractivity contribution is -0.121. The van der Waals surface area contributed by atoms with Gasteiger partial charge in [0, 0.05) is 40.4 Å². The number of fused-ring (bicyclic) bond motifs is 2. The van der Waals surface area contributed by atoms with Crippen LogP contribution in [0.4, 0.5) is 0 Å². The summed E-state index contributed by atoms with van der Waals surface area (Å²) in [7, 11) is 0. The van der Waals surface area contributed by atoms with Crippen molar-refractivity contribution in [3.05, 3.63) is 96.4 Å². The van der Waals surface area contributed by atoms with Gasteiger partial charge in [-0.1, -0.05) is 30.3 Å². The molecule has 0 aliphatic heterocycles. The number of nitrogens with one attached hydrogen (secondary N) is 2. The molecule has 0 saturated carbocycles. The molecule has 0 radical (unpaired) electrons. The first-order chi connectivity index (χ1) is 16.8. The predicted molar refractivity (Wildman–Crippen MR) is 136 cm³/mol. The Morgan fingerprint density at radius 1 is 1.03 bits per heavy atom. The molecule has 6 aromatic rings. The molecule has 166 valence electrons. The first kappa shape index (κ1) is 20.4. The number of rotatable bonds is 6. The summed E-state index contributed by atoms with van der Waals surface area (Å²) >= 11 is 1.67. The van der Waals surface area contributed by atoms with Crippen molar-refractivity contribution in [2.24, 2.45) is 0 Å². The molecule has 0 atom stereocenters. The van der Waals surface area contributed by atoms with Crippen molar-refractivity contribution in [3.63, 3.8) is 0 Å². The van der Waals surface area contributed by atoms with Gasteiger partial charge in [0.1, 0.15) is 12.2 Å². The second-order valence-corrected chi connectivity index (χ2v) is 9.01. The Morgan fingerprint density at radius 3 is 2.82 bits per heavy atom. The minimum atomic E-state index is -0.0480. The molecule has 5 heterocycles. The largest absolute Gasteiger partial charge is 0.349 e. The van der Waals surface area contributed by atoms with Crippen molar-refractivity contribution < 1.29 is 4.79 Å². The predicted octanol–water partition coefficient (Wildman–Crippen LogP) is 5.62. The molecule has 1 aromatic carbocycles. The highest BCUT2D eigenvalue weighted by atomic mass is 32.1. The van der Waals surface area contributed by atoms with Crippen LogP contribution in [0.2, 0.25) is 0 Å². The van der Waals surface area contributed by atoms with Crippen LogP contribution in [0.15, 0.2) is 90.7 Å². The van der Waals surface area contributed by atoms with E-state index in [1.807, 2.05) is 54.9 Å². The van der Waals surface area contributed by atoms with Crippen LogP contribution in [0, 0.1) is 0 Å². The van der Waals surface area contributed by atoms with Gasteiger partial charge in [-0.25, -0.2) is 4.98 Å². The maximum atomic E-state index is 12.9. The second-order valence-electron chi connectivity index (χ2n) is 8.07. The number of para-hydroxylation sites is 1. The summed E-state index contributed by atoms with van der Waals surface area (Å²) in [5, 5.41) is 7.27. The maximum absolute atomic E-state index is 12.9. The van der Waals surface area contributed by atoms with Gasteiger partial charge in [0.05, 0.1) is 22.8 Å². The SMILES string of the molecule is O=C(Cn1c(-c2cccs2)cc2ccccc21)NCc1ccc(-c2ccnc3[nH]ccc23)cn1. The summed E-state index contributed by atoms with van der Waals surface area (Å²) in [6.07, 6.45) is 5.52. The van der Waals surface area contributed by atoms with E-state index in [2.05, 4.69) is 54.5 Å². The van der Waals surface area contributed by atoms with Crippen molar-refractivity contribution in [3.8, 4) is 21.7 Å². The molecule has 0 bridgehead atoms. The van der Waals surface area contributed by atoms with E-state index in [1.165, 1.54) is 0 Å². The first-order valence-corrected chi connectivity index (χ1v) is 11.9. The fourth-order valence-corrected chi connectivity index (χ4v) is 5.05. The van der Waals surface area contributed by atoms with E-state index in [1.54, 1.807) is 17.5 Å². The van der Waals surface area contributed by atoms with E-state index < -0.39 is 0 Å². The lowest BCUT2D eigenvalue weighted by Crippen LogP contribution is -2.27. The molecule has 0 saturated heterocycles. The number of benzene rings is 1. The van der Waals surface area contributed by atoms with Gasteiger partial charge in [-0.3, -0.25) is 9.78 Å². The molecule has 6 rings (SSSR count). The standard InChI is InChI=1S/C27H21N5OS/c33-26(17-32-23-5-2-1-4-18(23)14-24(32)25-6-3-13-34-25)31-16-20-8-7-19(15-30-20)21-9-11-28-27-22(21)10-12-29-27/h1-15H,16-17H2,(H,28,29)(H,31,33). The average Bonchev–Trinajstić information content (AvgIpc) is 3.63. The van der Waals surface area contributed by atoms with Crippen molar-refractivity contribution in [2.45, 2.75) is 13.1 Å². The van der Waals surface area contributed by atoms with Crippen molar-refractivity contribution in [2.75, 3.05) is 0 Å². The summed E-state index contributed by atoms with van der Waals surface area (Å²) in [6.45, 7) is 0.629. The molecule has 0 spiro atoms. The van der Waals surface area contributed by atoms with Gasteiger partial charge in [0.25, 0.3) is 0 Å². The Hall–Kier alpha value is -4.23. The maximum Gasteiger partial charge on any atom is 0.240 e. The fourth-order valence-electron chi connectivity index (χ4n) is 4.30. The zero-order valence-corrected chi connectivity index (χ0v) is 19.0. The highest BCUT2D eigenvalue weighted by Gasteiger charge is 2.14. The molecule has 7 heteroatoms. The number of hydrogen-bond donors (Lipinski definition) is 2. The molecule has 0 fully saturated rings. The van der Waals surface area contributed by atoms with Crippen LogP contribution >= 0.6 is 11.3 Å². The Kier molecular flexibility index (Phi) is 5.16. The van der Waals surface area contributed by atoms with Crippen LogP contribution in [-0.2, 0) is 17.9 Å². The average molecular weight is 464 g/mol. The molecule has 34 heavy (non-hydrogen) atoms. The number of thiophene rings is 1. The molecule has 1 amide bonds. The van der Waals surface area contributed by atoms with Gasteiger partial charge in [-0.05, 0) is 47.3 Å². The molecule has 0 unspecified atom stereocenters. The minimum absolute atomic E-state index is 0.0480. The Bertz CT molecular complexity index is 1600. The van der Waals surface area contributed by atoms with Crippen molar-refractivity contribution >= 4 is 39.2 Å². The molecule has 2 N–H and O–H groups in total. The van der Waals surface area contributed by atoms with Crippen LogP contribution in [0.1, 0.15) is 5.69 Å². The van der Waals surface area contributed by atoms with Gasteiger partial charge in [0.15, 0.2) is 0 Å². The zero-order chi connectivity index (χ0) is 22.9. The monoisotopic (exact) mass is 463 g/mol. The van der Waals surface area contributed by atoms with E-state index in [9.17, 15) is 4.79 Å². The summed E-state index contributed by atoms with van der Waals surface area (Å²) in [5.41, 5.74) is 5.87. The topological polar surface area (TPSA) is 75.6 Å². The highest BCUT2D eigenvalue weighted by Crippen LogP contribution is 2.31. The van der Waals surface area contributed by atoms with Crippen LogP contribution in [-0.4, -0.2) is 25.4 Å². The minimum Gasteiger partial charge on any atom is -0.349 e. The third-order valence-electron chi connectivity index (χ3n) is 5.95. The number of aromatic amines is 1. The summed E-state index contributed by atoms with van der Waals surface area (Å²) in [5.74, 6) is -0.0480. The first-order valence-electron chi connectivity index (χ1n) is 11.0. The number of amides is 1. The number of H-pyrrole nitrogens is 1. The zero-order valence-electron chi connectivity index (χ0n) is 18.2. The van der Waals surface area contributed by atoms with Crippen LogP contribution < -0.4 is 5.32 Å². The number of hydrogen-bond acceptors (Lipinski definition) is 4. The molecule has 0 aliphatic rings. The third kappa shape index (κ3) is 3.76. The summed E-state index contributed by atoms with van der Waals surface area (Å²) in [4.78, 5) is 26.1. The number of carbonyl (C=O) groups is 1. The van der Waals surface area contributed by atoms with E-state index in [-0.39, 0.29) is 12.5 Å². The lowest BCUT2D eigenvalue weighted by atomic mass is 10.1. The van der Waals surface area contributed by atoms with Gasteiger partial charge in [0.2, 0.25) is 5.91 Å². The van der Waals surface area contributed by atoms with E-state index in [0.29, 0.717) is 6.54 Å². The number of carbonyl (C=O) groups excluding carboxylic acids is 1. The molecule has 5 aromatic heterocycles. The lowest BCUT2D eigenvalue weighted by Gasteiger charge is -2.11. The number of pyridine rings is 2. The quantitative estimate of drug-likeness (QED) is 0.336. The fraction of sp³-hybridized carbons (Fsp3) is 0.0741. The van der Waals surface area contributed by atoms with Crippen molar-refractivity contribution in [1.82, 2.24) is 24.8 Å². The van der Waals surface area contributed by atoms with Crippen LogP contribution in [0.25, 0.3) is 43.6 Å². The molecular formula is C27H21N5OS. The Morgan fingerprint density at radius 2 is 1.97 bits per heavy atom. The van der Waals surface area contributed by atoms with Crippen molar-refractivity contribution in [1.29, 1.82) is 0 Å². The highest BCUT2D eigenvalue weighted by molar-refractivity contribution is 7.13.